The lowest BCUT2D eigenvalue weighted by atomic mass is 10.1. The summed E-state index contributed by atoms with van der Waals surface area (Å²) >= 11 is 0. The van der Waals surface area contributed by atoms with Gasteiger partial charge in [-0.1, -0.05) is 0 Å². The fraction of sp³-hybridized carbons (Fsp3) is 0.444. The molecule has 0 radical (unpaired) electrons. The van der Waals surface area contributed by atoms with Gasteiger partial charge in [0.15, 0.2) is 0 Å². The molecule has 0 bridgehead atoms. The van der Waals surface area contributed by atoms with E-state index in [1.165, 1.54) is 25.3 Å². The van der Waals surface area contributed by atoms with Crippen LogP contribution in [0.3, 0.4) is 0 Å². The summed E-state index contributed by atoms with van der Waals surface area (Å²) in [6.45, 7) is -0.830. The minimum atomic E-state index is -4.48. The summed E-state index contributed by atoms with van der Waals surface area (Å²) in [5.74, 6) is -1.03. The number of carbonyl (C=O) groups is 2. The Morgan fingerprint density at radius 2 is 2.14 bits per heavy atom. The highest BCUT2D eigenvalue weighted by Crippen LogP contribution is 2.21. The van der Waals surface area contributed by atoms with E-state index in [9.17, 15) is 27.6 Å². The van der Waals surface area contributed by atoms with E-state index < -0.39 is 36.2 Å². The summed E-state index contributed by atoms with van der Waals surface area (Å²) in [6, 6.07) is 3.60. The van der Waals surface area contributed by atoms with Crippen LogP contribution in [0.5, 0.6) is 0 Å². The number of amides is 1. The van der Waals surface area contributed by atoms with Crippen molar-refractivity contribution in [2.45, 2.75) is 31.6 Å². The van der Waals surface area contributed by atoms with Crippen molar-refractivity contribution in [1.82, 2.24) is 20.2 Å². The molecule has 1 fully saturated rings. The Bertz CT molecular complexity index is 989. The number of H-pyrrole nitrogens is 1. The molecule has 2 N–H and O–H groups in total. The minimum Gasteiger partial charge on any atom is -0.465 e. The molecule has 1 aliphatic rings. The zero-order valence-electron chi connectivity index (χ0n) is 15.5. The molecule has 1 aliphatic heterocycles. The molecule has 3 rings (SSSR count). The number of methoxy groups -OCH3 is 1. The zero-order chi connectivity index (χ0) is 21.2. The number of nitrogens with zero attached hydrogens (tertiary/aromatic N) is 2. The highest BCUT2D eigenvalue weighted by atomic mass is 19.4. The van der Waals surface area contributed by atoms with Gasteiger partial charge in [-0.15, -0.1) is 0 Å². The number of ether oxygens (including phenoxy) is 1. The highest BCUT2D eigenvalue weighted by molar-refractivity contribution is 5.94. The molecule has 1 atom stereocenters. The molecular weight excluding hydrogens is 393 g/mol. The Morgan fingerprint density at radius 3 is 2.83 bits per heavy atom. The van der Waals surface area contributed by atoms with E-state index in [1.807, 2.05) is 5.32 Å². The number of fused-ring (bicyclic) bond motifs is 1. The molecule has 29 heavy (non-hydrogen) atoms. The predicted molar refractivity (Wildman–Crippen MR) is 96.2 cm³/mol. The van der Waals surface area contributed by atoms with Crippen molar-refractivity contribution in [2.24, 2.45) is 0 Å². The van der Waals surface area contributed by atoms with Crippen molar-refractivity contribution < 1.29 is 27.5 Å². The standard InChI is InChI=1S/C18H19F3N4O4/c1-29-17(28)10-4-5-11-12(7-10)23-14(24-15(11)26)8-25-6-2-3-13(25)16(27)22-9-18(19,20)21/h4-5,7,13H,2-3,6,8-9H2,1H3,(H,22,27)(H,23,24,26). The predicted octanol–water partition coefficient (Wildman–Crippen LogP) is 1.35. The Labute approximate surface area is 163 Å². The number of esters is 1. The van der Waals surface area contributed by atoms with E-state index in [0.717, 1.165) is 0 Å². The topological polar surface area (TPSA) is 104 Å². The van der Waals surface area contributed by atoms with Crippen LogP contribution in [0.2, 0.25) is 0 Å². The van der Waals surface area contributed by atoms with E-state index >= 15 is 0 Å². The molecule has 0 spiro atoms. The molecule has 1 saturated heterocycles. The summed E-state index contributed by atoms with van der Waals surface area (Å²) in [6.07, 6.45) is -3.44. The highest BCUT2D eigenvalue weighted by Gasteiger charge is 2.34. The van der Waals surface area contributed by atoms with Crippen molar-refractivity contribution >= 4 is 22.8 Å². The molecule has 1 aromatic heterocycles. The van der Waals surface area contributed by atoms with Gasteiger partial charge in [0.05, 0.1) is 36.2 Å². The lowest BCUT2D eigenvalue weighted by Gasteiger charge is -2.23. The summed E-state index contributed by atoms with van der Waals surface area (Å²) in [5, 5.41) is 2.18. The van der Waals surface area contributed by atoms with E-state index in [2.05, 4.69) is 14.7 Å². The van der Waals surface area contributed by atoms with Gasteiger partial charge in [-0.3, -0.25) is 14.5 Å². The second-order valence-corrected chi connectivity index (χ2v) is 6.70. The largest absolute Gasteiger partial charge is 0.465 e. The number of carbonyl (C=O) groups excluding carboxylic acids is 2. The van der Waals surface area contributed by atoms with Gasteiger partial charge in [0.25, 0.3) is 5.56 Å². The third kappa shape index (κ3) is 4.91. The number of nitrogens with one attached hydrogen (secondary N) is 2. The molecule has 0 saturated carbocycles. The van der Waals surface area contributed by atoms with E-state index in [0.29, 0.717) is 19.4 Å². The number of alkyl halides is 3. The number of hydrogen-bond donors (Lipinski definition) is 2. The first-order chi connectivity index (χ1) is 13.7. The van der Waals surface area contributed by atoms with Crippen LogP contribution in [0, 0.1) is 0 Å². The first-order valence-corrected chi connectivity index (χ1v) is 8.88. The first-order valence-electron chi connectivity index (χ1n) is 8.88. The average Bonchev–Trinajstić information content (AvgIpc) is 3.12. The van der Waals surface area contributed by atoms with Crippen LogP contribution in [-0.4, -0.2) is 59.2 Å². The number of halogens is 3. The Kier molecular flexibility index (Phi) is 5.87. The van der Waals surface area contributed by atoms with Crippen molar-refractivity contribution in [3.63, 3.8) is 0 Å². The second kappa shape index (κ2) is 8.19. The summed E-state index contributed by atoms with van der Waals surface area (Å²) in [4.78, 5) is 44.8. The van der Waals surface area contributed by atoms with Crippen LogP contribution in [0.25, 0.3) is 10.9 Å². The minimum absolute atomic E-state index is 0.0811. The van der Waals surface area contributed by atoms with E-state index in [-0.39, 0.29) is 28.8 Å². The molecule has 11 heteroatoms. The zero-order valence-corrected chi connectivity index (χ0v) is 15.5. The third-order valence-electron chi connectivity index (χ3n) is 4.66. The fourth-order valence-electron chi connectivity index (χ4n) is 3.32. The molecule has 1 aromatic carbocycles. The first kappa shape index (κ1) is 20.8. The molecule has 0 aliphatic carbocycles. The monoisotopic (exact) mass is 412 g/mol. The number of aromatic nitrogens is 2. The van der Waals surface area contributed by atoms with Crippen LogP contribution in [0.15, 0.2) is 23.0 Å². The van der Waals surface area contributed by atoms with E-state index in [1.54, 1.807) is 4.90 Å². The summed E-state index contributed by atoms with van der Waals surface area (Å²) in [7, 11) is 1.24. The molecule has 2 heterocycles. The second-order valence-electron chi connectivity index (χ2n) is 6.70. The van der Waals surface area contributed by atoms with Crippen LogP contribution in [0.1, 0.15) is 29.0 Å². The van der Waals surface area contributed by atoms with Crippen molar-refractivity contribution in [1.29, 1.82) is 0 Å². The average molecular weight is 412 g/mol. The van der Waals surface area contributed by atoms with Crippen molar-refractivity contribution in [2.75, 3.05) is 20.2 Å². The van der Waals surface area contributed by atoms with Crippen LogP contribution >= 0.6 is 0 Å². The summed E-state index contributed by atoms with van der Waals surface area (Å²) < 4.78 is 41.7. The molecule has 2 aromatic rings. The maximum atomic E-state index is 12.3. The van der Waals surface area contributed by atoms with Gasteiger partial charge in [0.2, 0.25) is 5.91 Å². The van der Waals surface area contributed by atoms with Gasteiger partial charge in [0.1, 0.15) is 12.4 Å². The molecular formula is C18H19F3N4O4. The van der Waals surface area contributed by atoms with Gasteiger partial charge >= 0.3 is 12.1 Å². The van der Waals surface area contributed by atoms with Gasteiger partial charge in [-0.2, -0.15) is 13.2 Å². The molecule has 1 amide bonds. The third-order valence-corrected chi connectivity index (χ3v) is 4.66. The van der Waals surface area contributed by atoms with Gasteiger partial charge < -0.3 is 15.0 Å². The lowest BCUT2D eigenvalue weighted by Crippen LogP contribution is -2.46. The van der Waals surface area contributed by atoms with Gasteiger partial charge in [-0.25, -0.2) is 9.78 Å². The Morgan fingerprint density at radius 1 is 1.38 bits per heavy atom. The Hall–Kier alpha value is -2.95. The maximum Gasteiger partial charge on any atom is 0.405 e. The van der Waals surface area contributed by atoms with Crippen molar-refractivity contribution in [3.8, 4) is 0 Å². The number of benzene rings is 1. The molecule has 8 nitrogen and oxygen atoms in total. The smallest absolute Gasteiger partial charge is 0.405 e. The number of aromatic amines is 1. The molecule has 1 unspecified atom stereocenters. The van der Waals surface area contributed by atoms with Crippen LogP contribution in [0.4, 0.5) is 13.2 Å². The van der Waals surface area contributed by atoms with Gasteiger partial charge in [0, 0.05) is 0 Å². The van der Waals surface area contributed by atoms with Crippen molar-refractivity contribution in [3.05, 3.63) is 39.9 Å². The maximum absolute atomic E-state index is 12.3. The fourth-order valence-corrected chi connectivity index (χ4v) is 3.32. The number of hydrogen-bond acceptors (Lipinski definition) is 6. The lowest BCUT2D eigenvalue weighted by molar-refractivity contribution is -0.141. The number of rotatable bonds is 5. The van der Waals surface area contributed by atoms with E-state index in [4.69, 9.17) is 0 Å². The van der Waals surface area contributed by atoms with Gasteiger partial charge in [-0.05, 0) is 37.6 Å². The normalized spacial score (nSPS) is 17.4. The Balaban J connectivity index is 1.80. The summed E-state index contributed by atoms with van der Waals surface area (Å²) in [5.41, 5.74) is 0.0947. The van der Waals surface area contributed by atoms with Crippen LogP contribution in [-0.2, 0) is 16.1 Å². The quantitative estimate of drug-likeness (QED) is 0.719. The van der Waals surface area contributed by atoms with Crippen LogP contribution < -0.4 is 10.9 Å². The SMILES string of the molecule is COC(=O)c1ccc2c(=O)[nH]c(CN3CCCC3C(=O)NCC(F)(F)F)nc2c1. The molecule has 156 valence electrons. The number of likely N-dealkylation sites (tertiary alicyclic amines) is 1.